The summed E-state index contributed by atoms with van der Waals surface area (Å²) in [6, 6.07) is 15.6. The molecule has 106 valence electrons. The van der Waals surface area contributed by atoms with E-state index < -0.39 is 12.0 Å². The lowest BCUT2D eigenvalue weighted by atomic mass is 10.1. The average Bonchev–Trinajstić information content (AvgIpc) is 2.44. The molecule has 2 aromatic rings. The maximum absolute atomic E-state index is 10.4. The minimum Gasteiger partial charge on any atom is -0.480 e. The first-order chi connectivity index (χ1) is 9.49. The summed E-state index contributed by atoms with van der Waals surface area (Å²) in [5, 5.41) is 8.52. The summed E-state index contributed by atoms with van der Waals surface area (Å²) in [7, 11) is 0. The Hall–Kier alpha value is -2.53. The highest BCUT2D eigenvalue weighted by molar-refractivity contribution is 5.73. The Balaban J connectivity index is 0.000000217. The lowest BCUT2D eigenvalue weighted by Crippen LogP contribution is -2.32. The number of carbonyl (C=O) groups is 1. The Morgan fingerprint density at radius 2 is 1.40 bits per heavy atom. The molecule has 0 aliphatic rings. The number of hydrogen-bond acceptors (Lipinski definition) is 4. The summed E-state index contributed by atoms with van der Waals surface area (Å²) >= 11 is 0. The van der Waals surface area contributed by atoms with E-state index in [1.807, 2.05) is 30.3 Å². The molecule has 7 N–H and O–H groups in total. The molecule has 0 aliphatic carbocycles. The van der Waals surface area contributed by atoms with Gasteiger partial charge in [0.25, 0.3) is 0 Å². The van der Waals surface area contributed by atoms with Crippen molar-refractivity contribution in [3.63, 3.8) is 0 Å². The highest BCUT2D eigenvalue weighted by Crippen LogP contribution is 2.05. The maximum Gasteiger partial charge on any atom is 0.320 e. The average molecular weight is 273 g/mol. The molecule has 0 amide bonds. The van der Waals surface area contributed by atoms with Gasteiger partial charge in [-0.15, -0.1) is 0 Å². The van der Waals surface area contributed by atoms with Gasteiger partial charge >= 0.3 is 5.97 Å². The maximum atomic E-state index is 10.4. The van der Waals surface area contributed by atoms with Gasteiger partial charge in [0.1, 0.15) is 6.04 Å². The van der Waals surface area contributed by atoms with Crippen LogP contribution in [0.15, 0.2) is 54.6 Å². The fraction of sp³-hybridized carbons (Fsp3) is 0.133. The molecule has 2 aromatic carbocycles. The second-order valence-corrected chi connectivity index (χ2v) is 4.30. The highest BCUT2D eigenvalue weighted by Gasteiger charge is 2.10. The van der Waals surface area contributed by atoms with Gasteiger partial charge in [-0.05, 0) is 36.2 Å². The van der Waals surface area contributed by atoms with Gasteiger partial charge < -0.3 is 22.3 Å². The molecule has 0 aliphatic heterocycles. The minimum absolute atomic E-state index is 0.385. The van der Waals surface area contributed by atoms with Crippen molar-refractivity contribution >= 4 is 17.3 Å². The highest BCUT2D eigenvalue weighted by atomic mass is 16.4. The summed E-state index contributed by atoms with van der Waals surface area (Å²) in [5.74, 6) is -0.959. The van der Waals surface area contributed by atoms with Crippen LogP contribution in [0.1, 0.15) is 5.56 Å². The van der Waals surface area contributed by atoms with Crippen molar-refractivity contribution in [3.8, 4) is 0 Å². The number of carboxylic acid groups (broad SMARTS) is 1. The molecule has 0 radical (unpaired) electrons. The molecule has 0 fully saturated rings. The zero-order valence-electron chi connectivity index (χ0n) is 11.1. The summed E-state index contributed by atoms with van der Waals surface area (Å²) in [5.41, 5.74) is 18.5. The molecule has 20 heavy (non-hydrogen) atoms. The normalized spacial score (nSPS) is 11.1. The zero-order valence-corrected chi connectivity index (χ0v) is 11.1. The Bertz CT molecular complexity index is 506. The Kier molecular flexibility index (Phi) is 6.06. The third kappa shape index (κ3) is 5.88. The van der Waals surface area contributed by atoms with Crippen LogP contribution in [0.3, 0.4) is 0 Å². The molecule has 0 bridgehead atoms. The molecule has 0 heterocycles. The molecular formula is C15H19N3O2. The lowest BCUT2D eigenvalue weighted by molar-refractivity contribution is -0.138. The molecule has 0 unspecified atom stereocenters. The van der Waals surface area contributed by atoms with Crippen LogP contribution in [0.4, 0.5) is 11.4 Å². The van der Waals surface area contributed by atoms with Gasteiger partial charge in [-0.2, -0.15) is 0 Å². The zero-order chi connectivity index (χ0) is 15.0. The minimum atomic E-state index is -0.959. The summed E-state index contributed by atoms with van der Waals surface area (Å²) < 4.78 is 0. The van der Waals surface area contributed by atoms with Crippen molar-refractivity contribution in [2.75, 3.05) is 11.5 Å². The van der Waals surface area contributed by atoms with E-state index in [4.69, 9.17) is 22.3 Å². The summed E-state index contributed by atoms with van der Waals surface area (Å²) in [4.78, 5) is 10.4. The number of nitrogen functional groups attached to an aromatic ring is 2. The van der Waals surface area contributed by atoms with Gasteiger partial charge in [0.15, 0.2) is 0 Å². The van der Waals surface area contributed by atoms with Crippen LogP contribution in [0, 0.1) is 0 Å². The second-order valence-electron chi connectivity index (χ2n) is 4.30. The Morgan fingerprint density at radius 1 is 0.950 bits per heavy atom. The smallest absolute Gasteiger partial charge is 0.320 e. The first-order valence-electron chi connectivity index (χ1n) is 6.12. The molecular weight excluding hydrogens is 254 g/mol. The van der Waals surface area contributed by atoms with Crippen molar-refractivity contribution in [1.82, 2.24) is 0 Å². The SMILES string of the molecule is N[C@@H](Cc1ccccc1)C(=O)O.Nc1ccc(N)cc1. The van der Waals surface area contributed by atoms with Crippen molar-refractivity contribution in [3.05, 3.63) is 60.2 Å². The molecule has 0 aromatic heterocycles. The first-order valence-corrected chi connectivity index (χ1v) is 6.12. The van der Waals surface area contributed by atoms with E-state index in [1.165, 1.54) is 0 Å². The Labute approximate surface area is 118 Å². The quantitative estimate of drug-likeness (QED) is 0.632. The molecule has 2 rings (SSSR count). The molecule has 0 spiro atoms. The number of carboxylic acids is 1. The number of nitrogens with two attached hydrogens (primary N) is 3. The number of benzene rings is 2. The van der Waals surface area contributed by atoms with Gasteiger partial charge in [-0.3, -0.25) is 4.79 Å². The third-order valence-corrected chi connectivity index (χ3v) is 2.55. The number of hydrogen-bond donors (Lipinski definition) is 4. The molecule has 0 saturated heterocycles. The van der Waals surface area contributed by atoms with E-state index in [0.717, 1.165) is 16.9 Å². The fourth-order valence-corrected chi connectivity index (χ4v) is 1.45. The molecule has 0 saturated carbocycles. The number of aliphatic carboxylic acids is 1. The van der Waals surface area contributed by atoms with E-state index in [0.29, 0.717) is 6.42 Å². The monoisotopic (exact) mass is 273 g/mol. The van der Waals surface area contributed by atoms with Crippen LogP contribution >= 0.6 is 0 Å². The first kappa shape index (κ1) is 15.5. The molecule has 5 nitrogen and oxygen atoms in total. The standard InChI is InChI=1S/C9H11NO2.C6H8N2/c10-8(9(11)12)6-7-4-2-1-3-5-7;7-5-1-2-6(8)4-3-5/h1-5,8H,6,10H2,(H,11,12);1-4H,7-8H2/t8-;/m0./s1. The third-order valence-electron chi connectivity index (χ3n) is 2.55. The Morgan fingerprint density at radius 3 is 1.80 bits per heavy atom. The topological polar surface area (TPSA) is 115 Å². The second kappa shape index (κ2) is 7.81. The van der Waals surface area contributed by atoms with Crippen LogP contribution in [-0.2, 0) is 11.2 Å². The lowest BCUT2D eigenvalue weighted by Gasteiger charge is -2.04. The summed E-state index contributed by atoms with van der Waals surface area (Å²) in [6.45, 7) is 0. The van der Waals surface area contributed by atoms with Gasteiger partial charge in [0.05, 0.1) is 0 Å². The van der Waals surface area contributed by atoms with E-state index >= 15 is 0 Å². The van der Waals surface area contributed by atoms with Crippen molar-refractivity contribution in [1.29, 1.82) is 0 Å². The summed E-state index contributed by atoms with van der Waals surface area (Å²) in [6.07, 6.45) is 0.385. The van der Waals surface area contributed by atoms with E-state index in [-0.39, 0.29) is 0 Å². The predicted molar refractivity (Wildman–Crippen MR) is 81.0 cm³/mol. The van der Waals surface area contributed by atoms with Gasteiger partial charge in [0, 0.05) is 11.4 Å². The van der Waals surface area contributed by atoms with Crippen molar-refractivity contribution in [2.45, 2.75) is 12.5 Å². The van der Waals surface area contributed by atoms with Crippen LogP contribution in [0.5, 0.6) is 0 Å². The van der Waals surface area contributed by atoms with Crippen LogP contribution in [-0.4, -0.2) is 17.1 Å². The largest absolute Gasteiger partial charge is 0.480 e. The van der Waals surface area contributed by atoms with Gasteiger partial charge in [-0.25, -0.2) is 0 Å². The fourth-order valence-electron chi connectivity index (χ4n) is 1.45. The van der Waals surface area contributed by atoms with Crippen LogP contribution in [0.25, 0.3) is 0 Å². The molecule has 1 atom stereocenters. The van der Waals surface area contributed by atoms with Crippen LogP contribution < -0.4 is 17.2 Å². The number of anilines is 2. The van der Waals surface area contributed by atoms with E-state index in [1.54, 1.807) is 24.3 Å². The van der Waals surface area contributed by atoms with Crippen molar-refractivity contribution < 1.29 is 9.90 Å². The van der Waals surface area contributed by atoms with E-state index in [2.05, 4.69) is 0 Å². The van der Waals surface area contributed by atoms with Gasteiger partial charge in [0.2, 0.25) is 0 Å². The van der Waals surface area contributed by atoms with Crippen molar-refractivity contribution in [2.24, 2.45) is 5.73 Å². The van der Waals surface area contributed by atoms with E-state index in [9.17, 15) is 4.79 Å². The number of rotatable bonds is 3. The van der Waals surface area contributed by atoms with Crippen LogP contribution in [0.2, 0.25) is 0 Å². The predicted octanol–water partition coefficient (Wildman–Crippen LogP) is 1.49. The van der Waals surface area contributed by atoms with Gasteiger partial charge in [-0.1, -0.05) is 30.3 Å². The molecule has 5 heteroatoms.